The molecule has 3 aromatic rings. The van der Waals surface area contributed by atoms with E-state index < -0.39 is 5.97 Å². The summed E-state index contributed by atoms with van der Waals surface area (Å²) in [5.74, 6) is 0.829. The normalized spacial score (nSPS) is 10.7. The number of aromatic nitrogens is 1. The molecule has 0 aliphatic carbocycles. The van der Waals surface area contributed by atoms with Crippen LogP contribution in [0, 0.1) is 6.92 Å². The van der Waals surface area contributed by atoms with Crippen LogP contribution in [-0.4, -0.2) is 11.0 Å². The number of carbonyl (C=O) groups excluding carboxylic acids is 1. The molecule has 1 aromatic carbocycles. The molecule has 0 aliphatic rings. The second-order valence-electron chi connectivity index (χ2n) is 4.70. The van der Waals surface area contributed by atoms with Crippen LogP contribution < -0.4 is 4.74 Å². The van der Waals surface area contributed by atoms with Crippen molar-refractivity contribution in [1.82, 2.24) is 4.98 Å². The summed E-state index contributed by atoms with van der Waals surface area (Å²) in [6, 6.07) is 8.68. The van der Waals surface area contributed by atoms with Crippen LogP contribution in [0.3, 0.4) is 0 Å². The molecule has 0 fully saturated rings. The third-order valence-electron chi connectivity index (χ3n) is 3.08. The van der Waals surface area contributed by atoms with Gasteiger partial charge in [0.05, 0.1) is 22.0 Å². The fourth-order valence-electron chi connectivity index (χ4n) is 1.96. The van der Waals surface area contributed by atoms with Crippen molar-refractivity contribution in [1.29, 1.82) is 0 Å². The lowest BCUT2D eigenvalue weighted by molar-refractivity contribution is -0.133. The molecule has 2 heterocycles. The van der Waals surface area contributed by atoms with Crippen LogP contribution in [0.15, 0.2) is 40.1 Å². The number of thiophene rings is 1. The molecule has 0 unspecified atom stereocenters. The molecule has 0 saturated heterocycles. The summed E-state index contributed by atoms with van der Waals surface area (Å²) >= 11 is 13.4. The minimum Gasteiger partial charge on any atom is -0.440 e. The van der Waals surface area contributed by atoms with Crippen molar-refractivity contribution in [2.45, 2.75) is 13.3 Å². The van der Waals surface area contributed by atoms with Gasteiger partial charge in [-0.2, -0.15) is 0 Å². The SMILES string of the molecule is Cc1oc(-c2cccs2)nc1CC(=O)Oc1cccc(Cl)c1Cl. The molecular weight excluding hydrogens is 357 g/mol. The summed E-state index contributed by atoms with van der Waals surface area (Å²) in [5, 5.41) is 2.47. The number of carbonyl (C=O) groups is 1. The molecule has 7 heteroatoms. The molecule has 0 N–H and O–H groups in total. The zero-order chi connectivity index (χ0) is 16.4. The number of oxazole rings is 1. The summed E-state index contributed by atoms with van der Waals surface area (Å²) in [4.78, 5) is 17.4. The van der Waals surface area contributed by atoms with Gasteiger partial charge in [0, 0.05) is 0 Å². The van der Waals surface area contributed by atoms with E-state index in [1.165, 1.54) is 11.3 Å². The van der Waals surface area contributed by atoms with Crippen LogP contribution in [0.25, 0.3) is 10.8 Å². The van der Waals surface area contributed by atoms with Crippen molar-refractivity contribution in [2.75, 3.05) is 0 Å². The minimum atomic E-state index is -0.483. The summed E-state index contributed by atoms with van der Waals surface area (Å²) in [6.07, 6.45) is -0.0104. The Labute approximate surface area is 146 Å². The number of benzene rings is 1. The van der Waals surface area contributed by atoms with E-state index in [2.05, 4.69) is 4.98 Å². The minimum absolute atomic E-state index is 0.0104. The average Bonchev–Trinajstić information content (AvgIpc) is 3.14. The Morgan fingerprint density at radius 2 is 2.13 bits per heavy atom. The molecule has 0 atom stereocenters. The molecule has 2 aromatic heterocycles. The lowest BCUT2D eigenvalue weighted by Gasteiger charge is -2.06. The molecule has 0 amide bonds. The smallest absolute Gasteiger partial charge is 0.317 e. The van der Waals surface area contributed by atoms with Gasteiger partial charge in [-0.1, -0.05) is 35.3 Å². The molecule has 0 spiro atoms. The fraction of sp³-hybridized carbons (Fsp3) is 0.125. The summed E-state index contributed by atoms with van der Waals surface area (Å²) in [7, 11) is 0. The van der Waals surface area contributed by atoms with Crippen molar-refractivity contribution < 1.29 is 13.9 Å². The van der Waals surface area contributed by atoms with Crippen LogP contribution in [0.5, 0.6) is 5.75 Å². The Morgan fingerprint density at radius 1 is 1.30 bits per heavy atom. The number of ether oxygens (including phenoxy) is 1. The molecule has 0 radical (unpaired) electrons. The second-order valence-corrected chi connectivity index (χ2v) is 6.43. The number of nitrogens with zero attached hydrogens (tertiary/aromatic N) is 1. The van der Waals surface area contributed by atoms with E-state index in [1.54, 1.807) is 25.1 Å². The molecule has 0 saturated carbocycles. The van der Waals surface area contributed by atoms with E-state index in [1.807, 2.05) is 17.5 Å². The maximum Gasteiger partial charge on any atom is 0.317 e. The van der Waals surface area contributed by atoms with Crippen LogP contribution in [0.4, 0.5) is 0 Å². The first-order valence-electron chi connectivity index (χ1n) is 6.69. The Balaban J connectivity index is 1.74. The van der Waals surface area contributed by atoms with E-state index in [0.717, 1.165) is 4.88 Å². The van der Waals surface area contributed by atoms with Gasteiger partial charge >= 0.3 is 5.97 Å². The predicted octanol–water partition coefficient (Wildman–Crippen LogP) is 5.17. The van der Waals surface area contributed by atoms with Crippen molar-refractivity contribution in [3.8, 4) is 16.5 Å². The van der Waals surface area contributed by atoms with E-state index in [0.29, 0.717) is 22.4 Å². The van der Waals surface area contributed by atoms with Crippen molar-refractivity contribution >= 4 is 40.5 Å². The zero-order valence-corrected chi connectivity index (χ0v) is 14.3. The summed E-state index contributed by atoms with van der Waals surface area (Å²) in [6.45, 7) is 1.76. The van der Waals surface area contributed by atoms with Crippen molar-refractivity contribution in [3.63, 3.8) is 0 Å². The highest BCUT2D eigenvalue weighted by molar-refractivity contribution is 7.13. The second kappa shape index (κ2) is 6.74. The Bertz CT molecular complexity index is 843. The number of hydrogen-bond donors (Lipinski definition) is 0. The van der Waals surface area contributed by atoms with Gasteiger partial charge in [-0.05, 0) is 30.5 Å². The van der Waals surface area contributed by atoms with Gasteiger partial charge in [-0.25, -0.2) is 4.98 Å². The molecule has 23 heavy (non-hydrogen) atoms. The predicted molar refractivity (Wildman–Crippen MR) is 90.4 cm³/mol. The maximum atomic E-state index is 12.1. The van der Waals surface area contributed by atoms with Crippen LogP contribution in [0.1, 0.15) is 11.5 Å². The number of halogens is 2. The zero-order valence-electron chi connectivity index (χ0n) is 12.0. The Kier molecular flexibility index (Phi) is 4.71. The van der Waals surface area contributed by atoms with Crippen LogP contribution >= 0.6 is 34.5 Å². The summed E-state index contributed by atoms with van der Waals surface area (Å²) < 4.78 is 10.8. The van der Waals surface area contributed by atoms with E-state index in [-0.39, 0.29) is 17.2 Å². The van der Waals surface area contributed by atoms with Crippen molar-refractivity contribution in [3.05, 3.63) is 57.2 Å². The van der Waals surface area contributed by atoms with Crippen LogP contribution in [0.2, 0.25) is 10.0 Å². The molecule has 118 valence electrons. The van der Waals surface area contributed by atoms with Gasteiger partial charge in [-0.15, -0.1) is 11.3 Å². The first-order valence-corrected chi connectivity index (χ1v) is 8.33. The molecule has 0 bridgehead atoms. The largest absolute Gasteiger partial charge is 0.440 e. The monoisotopic (exact) mass is 367 g/mol. The third-order valence-corrected chi connectivity index (χ3v) is 4.74. The lowest BCUT2D eigenvalue weighted by Crippen LogP contribution is -2.12. The molecular formula is C16H11Cl2NO3S. The lowest BCUT2D eigenvalue weighted by atomic mass is 10.3. The first-order chi connectivity index (χ1) is 11.0. The van der Waals surface area contributed by atoms with Gasteiger partial charge in [0.15, 0.2) is 5.75 Å². The van der Waals surface area contributed by atoms with Gasteiger partial charge in [0.25, 0.3) is 0 Å². The average molecular weight is 368 g/mol. The topological polar surface area (TPSA) is 52.3 Å². The molecule has 0 aliphatic heterocycles. The number of aryl methyl sites for hydroxylation is 1. The first kappa shape index (κ1) is 16.1. The highest BCUT2D eigenvalue weighted by atomic mass is 35.5. The standard InChI is InChI=1S/C16H11Cl2NO3S/c1-9-11(19-16(21-9)13-6-3-7-23-13)8-14(20)22-12-5-2-4-10(17)15(12)18/h2-7H,8H2,1H3. The quantitative estimate of drug-likeness (QED) is 0.471. The Hall–Kier alpha value is -1.82. The van der Waals surface area contributed by atoms with Gasteiger partial charge in [0.2, 0.25) is 5.89 Å². The highest BCUT2D eigenvalue weighted by Crippen LogP contribution is 2.32. The van der Waals surface area contributed by atoms with E-state index in [4.69, 9.17) is 32.4 Å². The van der Waals surface area contributed by atoms with Gasteiger partial charge in [0.1, 0.15) is 10.8 Å². The van der Waals surface area contributed by atoms with E-state index >= 15 is 0 Å². The number of hydrogen-bond acceptors (Lipinski definition) is 5. The molecule has 3 rings (SSSR count). The number of rotatable bonds is 4. The van der Waals surface area contributed by atoms with Crippen LogP contribution in [-0.2, 0) is 11.2 Å². The Morgan fingerprint density at radius 3 is 2.87 bits per heavy atom. The third kappa shape index (κ3) is 3.58. The summed E-state index contributed by atoms with van der Waals surface area (Å²) in [5.41, 5.74) is 0.538. The van der Waals surface area contributed by atoms with Crippen molar-refractivity contribution in [2.24, 2.45) is 0 Å². The van der Waals surface area contributed by atoms with E-state index in [9.17, 15) is 4.79 Å². The highest BCUT2D eigenvalue weighted by Gasteiger charge is 2.17. The van der Waals surface area contributed by atoms with Gasteiger partial charge in [-0.3, -0.25) is 4.79 Å². The van der Waals surface area contributed by atoms with Gasteiger partial charge < -0.3 is 9.15 Å². The fourth-order valence-corrected chi connectivity index (χ4v) is 2.94. The number of esters is 1. The molecule has 4 nitrogen and oxygen atoms in total. The maximum absolute atomic E-state index is 12.1.